The van der Waals surface area contributed by atoms with Crippen molar-refractivity contribution in [2.24, 2.45) is 0 Å². The molecule has 33 heavy (non-hydrogen) atoms. The van der Waals surface area contributed by atoms with Crippen LogP contribution in [0.1, 0.15) is 27.4 Å². The first-order valence-corrected chi connectivity index (χ1v) is 11.4. The molecule has 1 aromatic heterocycles. The monoisotopic (exact) mass is 477 g/mol. The molecule has 176 valence electrons. The van der Waals surface area contributed by atoms with E-state index in [2.05, 4.69) is 0 Å². The third-order valence-corrected chi connectivity index (χ3v) is 7.29. The molecule has 1 aliphatic heterocycles. The van der Waals surface area contributed by atoms with E-state index in [0.29, 0.717) is 5.56 Å². The Balaban J connectivity index is 1.71. The molecule has 1 amide bonds. The van der Waals surface area contributed by atoms with Gasteiger partial charge in [-0.25, -0.2) is 13.2 Å². The SMILES string of the molecule is COC(=O)c1c(C)oc(C)c1S(=O)(=O)N1CCN(C(=O)C=Cc2cccc([N+](=O)[O-])c2)CC1. The highest BCUT2D eigenvalue weighted by Gasteiger charge is 2.37. The van der Waals surface area contributed by atoms with Gasteiger partial charge in [0, 0.05) is 44.4 Å². The first-order valence-electron chi connectivity index (χ1n) is 9.96. The van der Waals surface area contributed by atoms with Crippen molar-refractivity contribution in [2.75, 3.05) is 33.3 Å². The van der Waals surface area contributed by atoms with Crippen LogP contribution in [0.5, 0.6) is 0 Å². The molecule has 0 N–H and O–H groups in total. The van der Waals surface area contributed by atoms with Gasteiger partial charge in [-0.3, -0.25) is 14.9 Å². The fraction of sp³-hybridized carbons (Fsp3) is 0.333. The van der Waals surface area contributed by atoms with E-state index in [0.717, 1.165) is 7.11 Å². The molecule has 0 saturated carbocycles. The number of aryl methyl sites for hydroxylation is 2. The maximum Gasteiger partial charge on any atom is 0.342 e. The van der Waals surface area contributed by atoms with Crippen molar-refractivity contribution in [3.8, 4) is 0 Å². The number of rotatable bonds is 6. The number of nitro benzene ring substituents is 1. The number of carbonyl (C=O) groups excluding carboxylic acids is 2. The van der Waals surface area contributed by atoms with Crippen molar-refractivity contribution >= 4 is 33.7 Å². The molecule has 0 atom stereocenters. The molecule has 11 nitrogen and oxygen atoms in total. The van der Waals surface area contributed by atoms with Crippen molar-refractivity contribution in [3.05, 3.63) is 63.1 Å². The van der Waals surface area contributed by atoms with Crippen molar-refractivity contribution in [3.63, 3.8) is 0 Å². The number of benzene rings is 1. The van der Waals surface area contributed by atoms with Gasteiger partial charge < -0.3 is 14.1 Å². The zero-order valence-corrected chi connectivity index (χ0v) is 19.1. The lowest BCUT2D eigenvalue weighted by Gasteiger charge is -2.33. The third kappa shape index (κ3) is 4.96. The maximum atomic E-state index is 13.2. The van der Waals surface area contributed by atoms with Gasteiger partial charge in [-0.05, 0) is 25.5 Å². The molecule has 0 unspecified atom stereocenters. The van der Waals surface area contributed by atoms with Crippen molar-refractivity contribution in [2.45, 2.75) is 18.7 Å². The Kier molecular flexibility index (Phi) is 6.98. The summed E-state index contributed by atoms with van der Waals surface area (Å²) in [5, 5.41) is 10.9. The van der Waals surface area contributed by atoms with Crippen LogP contribution in [0.25, 0.3) is 6.08 Å². The molecule has 1 aliphatic rings. The Morgan fingerprint density at radius 2 is 1.82 bits per heavy atom. The number of hydrogen-bond acceptors (Lipinski definition) is 8. The molecule has 1 aromatic carbocycles. The number of esters is 1. The van der Waals surface area contributed by atoms with Crippen LogP contribution in [0.2, 0.25) is 0 Å². The molecule has 12 heteroatoms. The van der Waals surface area contributed by atoms with Crippen LogP contribution in [0.3, 0.4) is 0 Å². The number of piperazine rings is 1. The fourth-order valence-corrected chi connectivity index (χ4v) is 5.40. The molecule has 0 spiro atoms. The summed E-state index contributed by atoms with van der Waals surface area (Å²) in [4.78, 5) is 36.2. The van der Waals surface area contributed by atoms with Crippen LogP contribution >= 0.6 is 0 Å². The Bertz CT molecular complexity index is 1220. The van der Waals surface area contributed by atoms with Crippen molar-refractivity contribution in [1.29, 1.82) is 0 Å². The van der Waals surface area contributed by atoms with Crippen LogP contribution in [-0.4, -0.2) is 67.7 Å². The maximum absolute atomic E-state index is 13.2. The first kappa shape index (κ1) is 24.1. The number of methoxy groups -OCH3 is 1. The van der Waals surface area contributed by atoms with Gasteiger partial charge >= 0.3 is 5.97 Å². The van der Waals surface area contributed by atoms with E-state index < -0.39 is 20.9 Å². The molecule has 1 saturated heterocycles. The van der Waals surface area contributed by atoms with Crippen LogP contribution in [0.15, 0.2) is 39.7 Å². The lowest BCUT2D eigenvalue weighted by Crippen LogP contribution is -2.50. The van der Waals surface area contributed by atoms with E-state index in [1.54, 1.807) is 6.07 Å². The lowest BCUT2D eigenvalue weighted by atomic mass is 10.2. The molecular formula is C21H23N3O8S. The summed E-state index contributed by atoms with van der Waals surface area (Å²) in [6.45, 7) is 3.29. The van der Waals surface area contributed by atoms with Gasteiger partial charge in [-0.2, -0.15) is 4.31 Å². The van der Waals surface area contributed by atoms with Crippen LogP contribution < -0.4 is 0 Å². The molecule has 0 radical (unpaired) electrons. The molecule has 1 fully saturated rings. The summed E-state index contributed by atoms with van der Waals surface area (Å²) in [5.41, 5.74) is 0.285. The second-order valence-corrected chi connectivity index (χ2v) is 9.20. The normalized spacial score (nSPS) is 15.1. The summed E-state index contributed by atoms with van der Waals surface area (Å²) in [5.74, 6) is -0.906. The van der Waals surface area contributed by atoms with Gasteiger partial charge in [-0.1, -0.05) is 12.1 Å². The smallest absolute Gasteiger partial charge is 0.342 e. The molecule has 3 rings (SSSR count). The lowest BCUT2D eigenvalue weighted by molar-refractivity contribution is -0.384. The summed E-state index contributed by atoms with van der Waals surface area (Å²) < 4.78 is 37.7. The van der Waals surface area contributed by atoms with Crippen molar-refractivity contribution in [1.82, 2.24) is 9.21 Å². The van der Waals surface area contributed by atoms with E-state index in [1.807, 2.05) is 0 Å². The van der Waals surface area contributed by atoms with E-state index in [9.17, 15) is 28.1 Å². The minimum absolute atomic E-state index is 0.0308. The van der Waals surface area contributed by atoms with Gasteiger partial charge in [0.1, 0.15) is 22.0 Å². The largest absolute Gasteiger partial charge is 0.465 e. The Morgan fingerprint density at radius 3 is 2.42 bits per heavy atom. The fourth-order valence-electron chi connectivity index (χ4n) is 3.60. The minimum Gasteiger partial charge on any atom is -0.465 e. The van der Waals surface area contributed by atoms with E-state index >= 15 is 0 Å². The predicted octanol–water partition coefficient (Wildman–Crippen LogP) is 2.14. The quantitative estimate of drug-likeness (QED) is 0.267. The number of nitro groups is 1. The number of hydrogen-bond donors (Lipinski definition) is 0. The number of carbonyl (C=O) groups is 2. The number of furan rings is 1. The zero-order valence-electron chi connectivity index (χ0n) is 18.3. The predicted molar refractivity (Wildman–Crippen MR) is 117 cm³/mol. The molecule has 0 aliphatic carbocycles. The number of sulfonamides is 1. The van der Waals surface area contributed by atoms with Gasteiger partial charge in [0.2, 0.25) is 15.9 Å². The van der Waals surface area contributed by atoms with E-state index in [-0.39, 0.29) is 59.8 Å². The molecular weight excluding hydrogens is 454 g/mol. The standard InChI is InChI=1S/C21H23N3O8S/c1-14-19(21(26)31-3)20(15(2)32-14)33(29,30)23-11-9-22(10-12-23)18(25)8-7-16-5-4-6-17(13-16)24(27)28/h4-8,13H,9-12H2,1-3H3. The van der Waals surface area contributed by atoms with Crippen LogP contribution in [0.4, 0.5) is 5.69 Å². The number of amides is 1. The summed E-state index contributed by atoms with van der Waals surface area (Å²) >= 11 is 0. The van der Waals surface area contributed by atoms with E-state index in [1.165, 1.54) is 53.4 Å². The molecule has 2 aromatic rings. The topological polar surface area (TPSA) is 140 Å². The minimum atomic E-state index is -4.06. The second-order valence-electron chi connectivity index (χ2n) is 7.32. The Labute approximate surface area is 190 Å². The van der Waals surface area contributed by atoms with Gasteiger partial charge in [-0.15, -0.1) is 0 Å². The Morgan fingerprint density at radius 1 is 1.15 bits per heavy atom. The summed E-state index contributed by atoms with van der Waals surface area (Å²) in [7, 11) is -2.90. The van der Waals surface area contributed by atoms with Crippen LogP contribution in [-0.2, 0) is 19.6 Å². The average molecular weight is 477 g/mol. The van der Waals surface area contributed by atoms with Gasteiger partial charge in [0.15, 0.2) is 0 Å². The molecule has 2 heterocycles. The highest BCUT2D eigenvalue weighted by molar-refractivity contribution is 7.89. The number of nitrogens with zero attached hydrogens (tertiary/aromatic N) is 3. The zero-order chi connectivity index (χ0) is 24.3. The van der Waals surface area contributed by atoms with Crippen molar-refractivity contribution < 1.29 is 32.1 Å². The van der Waals surface area contributed by atoms with Crippen LogP contribution in [0, 0.1) is 24.0 Å². The van der Waals surface area contributed by atoms with Gasteiger partial charge in [0.25, 0.3) is 5.69 Å². The number of ether oxygens (including phenoxy) is 1. The summed E-state index contributed by atoms with van der Waals surface area (Å²) in [6, 6.07) is 5.86. The average Bonchev–Trinajstić information content (AvgIpc) is 3.11. The second kappa shape index (κ2) is 9.55. The summed E-state index contributed by atoms with van der Waals surface area (Å²) in [6.07, 6.45) is 2.76. The highest BCUT2D eigenvalue weighted by Crippen LogP contribution is 2.30. The first-order chi connectivity index (χ1) is 15.6. The third-order valence-electron chi connectivity index (χ3n) is 5.24. The van der Waals surface area contributed by atoms with Gasteiger partial charge in [0.05, 0.1) is 12.0 Å². The molecule has 0 bridgehead atoms. The number of non-ortho nitro benzene ring substituents is 1. The highest BCUT2D eigenvalue weighted by atomic mass is 32.2. The van der Waals surface area contributed by atoms with E-state index in [4.69, 9.17) is 9.15 Å². The Hall–Kier alpha value is -3.51.